The summed E-state index contributed by atoms with van der Waals surface area (Å²) in [6.07, 6.45) is 2.46. The molecule has 0 fully saturated rings. The van der Waals surface area contributed by atoms with E-state index in [4.69, 9.17) is 0 Å². The lowest BCUT2D eigenvalue weighted by Gasteiger charge is -2.04. The monoisotopic (exact) mass is 314 g/mol. The van der Waals surface area contributed by atoms with Crippen LogP contribution in [0.25, 0.3) is 0 Å². The summed E-state index contributed by atoms with van der Waals surface area (Å²) in [6, 6.07) is 0. The van der Waals surface area contributed by atoms with E-state index in [-0.39, 0.29) is 0 Å². The Bertz CT molecular complexity index is 149. The minimum absolute atomic E-state index is 0.765. The van der Waals surface area contributed by atoms with Gasteiger partial charge in [-0.1, -0.05) is 19.4 Å². The zero-order valence-electron chi connectivity index (χ0n) is 7.86. The molecule has 72 valence electrons. The molecule has 0 nitrogen and oxygen atoms in total. The second kappa shape index (κ2) is 7.45. The second-order valence-corrected chi connectivity index (χ2v) is 7.40. The number of halogens is 2. The van der Waals surface area contributed by atoms with E-state index in [0.717, 1.165) is 8.64 Å². The van der Waals surface area contributed by atoms with Crippen LogP contribution in [0.1, 0.15) is 33.6 Å². The number of allylic oxidation sites excluding steroid dienone is 1. The lowest BCUT2D eigenvalue weighted by atomic mass is 10.2. The Morgan fingerprint density at radius 1 is 1.33 bits per heavy atom. The van der Waals surface area contributed by atoms with Crippen molar-refractivity contribution in [2.45, 2.75) is 38.9 Å². The molecule has 0 heterocycles. The number of hydrogen-bond acceptors (Lipinski definition) is 1. The summed E-state index contributed by atoms with van der Waals surface area (Å²) >= 11 is 8.85. The zero-order valence-corrected chi connectivity index (χ0v) is 11.9. The summed E-state index contributed by atoms with van der Waals surface area (Å²) < 4.78 is 1.12. The highest BCUT2D eigenvalue weighted by Gasteiger charge is 1.97. The molecule has 0 atom stereocenters. The number of rotatable bonds is 5. The van der Waals surface area contributed by atoms with Crippen molar-refractivity contribution in [3.05, 3.63) is 8.96 Å². The SMILES string of the molecule is CC(CCCSC(C)C)=C(Br)Br. The van der Waals surface area contributed by atoms with Crippen LogP contribution in [0.15, 0.2) is 8.96 Å². The first kappa shape index (κ1) is 13.1. The molecule has 0 aromatic carbocycles. The Balaban J connectivity index is 3.39. The molecule has 0 bridgehead atoms. The standard InChI is InChI=1S/C9H16Br2S/c1-7(2)12-6-4-5-8(3)9(10)11/h7H,4-6H2,1-3H3. The maximum Gasteiger partial charge on any atom is 0.0593 e. The molecule has 0 N–H and O–H groups in total. The molecular weight excluding hydrogens is 300 g/mol. The first-order chi connectivity index (χ1) is 5.54. The fourth-order valence-electron chi connectivity index (χ4n) is 0.751. The summed E-state index contributed by atoms with van der Waals surface area (Å²) in [5, 5.41) is 0.765. The van der Waals surface area contributed by atoms with Gasteiger partial charge in [-0.05, 0) is 62.6 Å². The van der Waals surface area contributed by atoms with E-state index in [1.54, 1.807) is 0 Å². The van der Waals surface area contributed by atoms with Crippen molar-refractivity contribution in [2.75, 3.05) is 5.75 Å². The smallest absolute Gasteiger partial charge is 0.0593 e. The van der Waals surface area contributed by atoms with Crippen LogP contribution in [-0.2, 0) is 0 Å². The van der Waals surface area contributed by atoms with Gasteiger partial charge in [-0.2, -0.15) is 11.8 Å². The van der Waals surface area contributed by atoms with Crippen LogP contribution in [0.5, 0.6) is 0 Å². The van der Waals surface area contributed by atoms with Gasteiger partial charge in [-0.25, -0.2) is 0 Å². The lowest BCUT2D eigenvalue weighted by molar-refractivity contribution is 0.914. The molecule has 0 aromatic heterocycles. The maximum absolute atomic E-state index is 3.41. The van der Waals surface area contributed by atoms with Gasteiger partial charge < -0.3 is 0 Å². The summed E-state index contributed by atoms with van der Waals surface area (Å²) in [4.78, 5) is 0. The summed E-state index contributed by atoms with van der Waals surface area (Å²) in [5.74, 6) is 1.27. The molecule has 0 rings (SSSR count). The maximum atomic E-state index is 3.41. The van der Waals surface area contributed by atoms with Crippen molar-refractivity contribution in [1.29, 1.82) is 0 Å². The van der Waals surface area contributed by atoms with Gasteiger partial charge in [0.1, 0.15) is 0 Å². The fraction of sp³-hybridized carbons (Fsp3) is 0.778. The largest absolute Gasteiger partial charge is 0.159 e. The summed E-state index contributed by atoms with van der Waals surface area (Å²) in [7, 11) is 0. The third-order valence-electron chi connectivity index (χ3n) is 1.47. The molecule has 0 aromatic rings. The number of hydrogen-bond donors (Lipinski definition) is 0. The predicted molar refractivity (Wildman–Crippen MR) is 67.4 cm³/mol. The van der Waals surface area contributed by atoms with Gasteiger partial charge in [0.15, 0.2) is 0 Å². The zero-order chi connectivity index (χ0) is 9.56. The molecule has 0 unspecified atom stereocenters. The Kier molecular flexibility index (Phi) is 8.11. The number of thioether (sulfide) groups is 1. The van der Waals surface area contributed by atoms with Crippen LogP contribution < -0.4 is 0 Å². The van der Waals surface area contributed by atoms with E-state index in [9.17, 15) is 0 Å². The van der Waals surface area contributed by atoms with Crippen molar-refractivity contribution in [2.24, 2.45) is 0 Å². The molecule has 0 amide bonds. The molecule has 0 aliphatic carbocycles. The van der Waals surface area contributed by atoms with Gasteiger partial charge in [-0.3, -0.25) is 0 Å². The predicted octanol–water partition coefficient (Wildman–Crippen LogP) is 4.93. The van der Waals surface area contributed by atoms with E-state index >= 15 is 0 Å². The van der Waals surface area contributed by atoms with Gasteiger partial charge in [0, 0.05) is 0 Å². The van der Waals surface area contributed by atoms with Crippen molar-refractivity contribution in [3.63, 3.8) is 0 Å². The van der Waals surface area contributed by atoms with E-state index in [0.29, 0.717) is 0 Å². The highest BCUT2D eigenvalue weighted by atomic mass is 79.9. The Morgan fingerprint density at radius 3 is 2.33 bits per heavy atom. The van der Waals surface area contributed by atoms with Crippen LogP contribution in [0.2, 0.25) is 0 Å². The van der Waals surface area contributed by atoms with E-state index in [1.807, 2.05) is 11.8 Å². The lowest BCUT2D eigenvalue weighted by Crippen LogP contribution is -1.90. The molecule has 0 aliphatic heterocycles. The molecule has 0 radical (unpaired) electrons. The molecule has 0 saturated carbocycles. The molecular formula is C9H16Br2S. The molecule has 0 aliphatic rings. The van der Waals surface area contributed by atoms with Gasteiger partial charge in [0.2, 0.25) is 0 Å². The van der Waals surface area contributed by atoms with Crippen LogP contribution in [0, 0.1) is 0 Å². The minimum atomic E-state index is 0.765. The van der Waals surface area contributed by atoms with Crippen LogP contribution in [-0.4, -0.2) is 11.0 Å². The van der Waals surface area contributed by atoms with Gasteiger partial charge in [0.05, 0.1) is 3.39 Å². The van der Waals surface area contributed by atoms with Crippen LogP contribution in [0.4, 0.5) is 0 Å². The second-order valence-electron chi connectivity index (χ2n) is 3.06. The molecule has 0 saturated heterocycles. The Morgan fingerprint density at radius 2 is 1.92 bits per heavy atom. The summed E-state index contributed by atoms with van der Waals surface area (Å²) in [6.45, 7) is 6.64. The Labute approximate surface area is 96.8 Å². The topological polar surface area (TPSA) is 0 Å². The van der Waals surface area contributed by atoms with E-state index in [1.165, 1.54) is 24.2 Å². The van der Waals surface area contributed by atoms with Crippen molar-refractivity contribution < 1.29 is 0 Å². The van der Waals surface area contributed by atoms with E-state index in [2.05, 4.69) is 52.6 Å². The quantitative estimate of drug-likeness (QED) is 0.648. The molecule has 12 heavy (non-hydrogen) atoms. The van der Waals surface area contributed by atoms with Gasteiger partial charge >= 0.3 is 0 Å². The molecule has 0 spiro atoms. The van der Waals surface area contributed by atoms with E-state index < -0.39 is 0 Å². The Hall–Kier alpha value is 1.05. The first-order valence-corrected chi connectivity index (χ1v) is 6.80. The van der Waals surface area contributed by atoms with Crippen molar-refractivity contribution >= 4 is 43.6 Å². The third kappa shape index (κ3) is 7.69. The van der Waals surface area contributed by atoms with Crippen molar-refractivity contribution in [3.8, 4) is 0 Å². The highest BCUT2D eigenvalue weighted by Crippen LogP contribution is 2.23. The fourth-order valence-corrected chi connectivity index (χ4v) is 1.93. The summed E-state index contributed by atoms with van der Waals surface area (Å²) in [5.41, 5.74) is 1.40. The molecule has 3 heteroatoms. The highest BCUT2D eigenvalue weighted by molar-refractivity contribution is 9.28. The normalized spacial score (nSPS) is 10.5. The first-order valence-electron chi connectivity index (χ1n) is 4.16. The average Bonchev–Trinajstić information content (AvgIpc) is 1.97. The minimum Gasteiger partial charge on any atom is -0.159 e. The third-order valence-corrected chi connectivity index (χ3v) is 4.01. The van der Waals surface area contributed by atoms with Gasteiger partial charge in [-0.15, -0.1) is 0 Å². The van der Waals surface area contributed by atoms with Gasteiger partial charge in [0.25, 0.3) is 0 Å². The van der Waals surface area contributed by atoms with Crippen LogP contribution >= 0.6 is 43.6 Å². The average molecular weight is 316 g/mol. The van der Waals surface area contributed by atoms with Crippen molar-refractivity contribution in [1.82, 2.24) is 0 Å². The van der Waals surface area contributed by atoms with Crippen LogP contribution in [0.3, 0.4) is 0 Å².